The third kappa shape index (κ3) is 3.60. The molecular formula is C15H12BrClN2O2. The van der Waals surface area contributed by atoms with Gasteiger partial charge in [0, 0.05) is 10.2 Å². The topological polar surface area (TPSA) is 65.3 Å². The first-order valence-electron chi connectivity index (χ1n) is 6.03. The minimum Gasteiger partial charge on any atom is -0.504 e. The van der Waals surface area contributed by atoms with Crippen molar-refractivity contribution in [2.24, 2.45) is 0 Å². The molecule has 0 radical (unpaired) electrons. The molecule has 0 saturated heterocycles. The fourth-order valence-corrected chi connectivity index (χ4v) is 2.31. The van der Waals surface area contributed by atoms with Crippen LogP contribution in [0.25, 0.3) is 0 Å². The maximum Gasteiger partial charge on any atom is 0.160 e. The van der Waals surface area contributed by atoms with Gasteiger partial charge >= 0.3 is 0 Å². The van der Waals surface area contributed by atoms with Crippen molar-refractivity contribution in [1.29, 1.82) is 5.26 Å². The first-order valence-corrected chi connectivity index (χ1v) is 7.20. The van der Waals surface area contributed by atoms with Gasteiger partial charge < -0.3 is 15.2 Å². The number of rotatable bonds is 4. The summed E-state index contributed by atoms with van der Waals surface area (Å²) < 4.78 is 5.80. The van der Waals surface area contributed by atoms with Crippen LogP contribution in [0.5, 0.6) is 11.5 Å². The molecule has 1 atom stereocenters. The van der Waals surface area contributed by atoms with E-state index in [0.717, 1.165) is 10.2 Å². The number of hydrogen-bond acceptors (Lipinski definition) is 4. The van der Waals surface area contributed by atoms with Crippen molar-refractivity contribution >= 4 is 33.2 Å². The summed E-state index contributed by atoms with van der Waals surface area (Å²) in [6.45, 7) is 0. The molecule has 0 heterocycles. The average Bonchev–Trinajstić information content (AvgIpc) is 2.49. The number of phenolic OH excluding ortho intramolecular Hbond substituents is 1. The standard InChI is InChI=1S/C15H12BrClN2O2/c1-21-15-6-9(2-5-14(15)20)13(8-18)19-10-3-4-12(17)11(16)7-10/h2-7,13,19-20H,1H3. The number of nitrogens with one attached hydrogen (secondary N) is 1. The highest BCUT2D eigenvalue weighted by Gasteiger charge is 2.13. The van der Waals surface area contributed by atoms with Crippen molar-refractivity contribution in [2.45, 2.75) is 6.04 Å². The number of nitriles is 1. The van der Waals surface area contributed by atoms with Crippen LogP contribution in [0.4, 0.5) is 5.69 Å². The summed E-state index contributed by atoms with van der Waals surface area (Å²) in [5.41, 5.74) is 1.45. The zero-order chi connectivity index (χ0) is 15.4. The molecule has 0 aliphatic rings. The van der Waals surface area contributed by atoms with Crippen molar-refractivity contribution in [1.82, 2.24) is 0 Å². The van der Waals surface area contributed by atoms with E-state index in [0.29, 0.717) is 16.3 Å². The van der Waals surface area contributed by atoms with Crippen LogP contribution >= 0.6 is 27.5 Å². The smallest absolute Gasteiger partial charge is 0.160 e. The highest BCUT2D eigenvalue weighted by atomic mass is 79.9. The van der Waals surface area contributed by atoms with E-state index in [9.17, 15) is 10.4 Å². The Morgan fingerprint density at radius 3 is 2.71 bits per heavy atom. The quantitative estimate of drug-likeness (QED) is 0.835. The monoisotopic (exact) mass is 366 g/mol. The fraction of sp³-hybridized carbons (Fsp3) is 0.133. The van der Waals surface area contributed by atoms with Crippen molar-refractivity contribution < 1.29 is 9.84 Å². The second-order valence-corrected chi connectivity index (χ2v) is 5.53. The molecule has 0 saturated carbocycles. The molecule has 6 heteroatoms. The number of aromatic hydroxyl groups is 1. The number of nitrogens with zero attached hydrogens (tertiary/aromatic N) is 1. The lowest BCUT2D eigenvalue weighted by Crippen LogP contribution is -2.08. The summed E-state index contributed by atoms with van der Waals surface area (Å²) in [5.74, 6) is 0.360. The van der Waals surface area contributed by atoms with Gasteiger partial charge in [-0.2, -0.15) is 5.26 Å². The van der Waals surface area contributed by atoms with Crippen LogP contribution < -0.4 is 10.1 Å². The number of phenols is 1. The van der Waals surface area contributed by atoms with Gasteiger partial charge in [0.25, 0.3) is 0 Å². The van der Waals surface area contributed by atoms with Crippen LogP contribution in [0.3, 0.4) is 0 Å². The first-order chi connectivity index (χ1) is 10.0. The number of benzene rings is 2. The van der Waals surface area contributed by atoms with E-state index >= 15 is 0 Å². The van der Waals surface area contributed by atoms with Crippen LogP contribution in [0.2, 0.25) is 5.02 Å². The minimum atomic E-state index is -0.576. The van der Waals surface area contributed by atoms with Gasteiger partial charge in [-0.05, 0) is 51.8 Å². The molecule has 2 rings (SSSR count). The molecule has 2 aromatic rings. The second-order valence-electron chi connectivity index (χ2n) is 4.27. The van der Waals surface area contributed by atoms with E-state index in [1.54, 1.807) is 30.3 Å². The van der Waals surface area contributed by atoms with Gasteiger partial charge in [0.15, 0.2) is 11.5 Å². The van der Waals surface area contributed by atoms with Gasteiger partial charge in [-0.15, -0.1) is 0 Å². The SMILES string of the molecule is COc1cc(C(C#N)Nc2ccc(Cl)c(Br)c2)ccc1O. The number of halogens is 2. The van der Waals surface area contributed by atoms with Crippen LogP contribution in [-0.2, 0) is 0 Å². The molecule has 108 valence electrons. The largest absolute Gasteiger partial charge is 0.504 e. The Hall–Kier alpha value is -1.90. The molecule has 1 unspecified atom stereocenters. The molecule has 21 heavy (non-hydrogen) atoms. The van der Waals surface area contributed by atoms with E-state index < -0.39 is 6.04 Å². The Kier molecular flexibility index (Phi) is 4.94. The zero-order valence-electron chi connectivity index (χ0n) is 11.1. The van der Waals surface area contributed by atoms with Crippen LogP contribution in [0, 0.1) is 11.3 Å². The van der Waals surface area contributed by atoms with Crippen LogP contribution in [-0.4, -0.2) is 12.2 Å². The Bertz CT molecular complexity index is 701. The Labute approximate surface area is 136 Å². The lowest BCUT2D eigenvalue weighted by atomic mass is 10.1. The van der Waals surface area contributed by atoms with Gasteiger partial charge in [0.1, 0.15) is 6.04 Å². The summed E-state index contributed by atoms with van der Waals surface area (Å²) in [5, 5.41) is 22.6. The summed E-state index contributed by atoms with van der Waals surface area (Å²) in [6.07, 6.45) is 0. The molecule has 0 aliphatic carbocycles. The highest BCUT2D eigenvalue weighted by molar-refractivity contribution is 9.10. The van der Waals surface area contributed by atoms with Crippen molar-refractivity contribution in [3.8, 4) is 17.6 Å². The molecule has 2 N–H and O–H groups in total. The lowest BCUT2D eigenvalue weighted by molar-refractivity contribution is 0.373. The van der Waals surface area contributed by atoms with Gasteiger partial charge in [-0.1, -0.05) is 17.7 Å². The Balaban J connectivity index is 2.28. The number of hydrogen-bond donors (Lipinski definition) is 2. The summed E-state index contributed by atoms with van der Waals surface area (Å²) >= 11 is 9.28. The molecule has 0 aromatic heterocycles. The van der Waals surface area contributed by atoms with Crippen molar-refractivity contribution in [2.75, 3.05) is 12.4 Å². The molecule has 0 bridgehead atoms. The van der Waals surface area contributed by atoms with Crippen LogP contribution in [0.1, 0.15) is 11.6 Å². The number of ether oxygens (including phenoxy) is 1. The summed E-state index contributed by atoms with van der Waals surface area (Å²) in [6, 6.07) is 11.7. The number of methoxy groups -OCH3 is 1. The van der Waals surface area contributed by atoms with Crippen molar-refractivity contribution in [3.63, 3.8) is 0 Å². The maximum atomic E-state index is 9.60. The fourth-order valence-electron chi connectivity index (χ4n) is 1.82. The lowest BCUT2D eigenvalue weighted by Gasteiger charge is -2.15. The maximum absolute atomic E-state index is 9.60. The third-order valence-electron chi connectivity index (χ3n) is 2.90. The van der Waals surface area contributed by atoms with Gasteiger partial charge in [-0.25, -0.2) is 0 Å². The summed E-state index contributed by atoms with van der Waals surface area (Å²) in [7, 11) is 1.46. The third-order valence-corrected chi connectivity index (χ3v) is 4.11. The average molecular weight is 368 g/mol. The van der Waals surface area contributed by atoms with E-state index in [1.807, 2.05) is 0 Å². The number of anilines is 1. The van der Waals surface area contributed by atoms with Gasteiger partial charge in [0.2, 0.25) is 0 Å². The molecule has 2 aromatic carbocycles. The molecular weight excluding hydrogens is 356 g/mol. The molecule has 0 aliphatic heterocycles. The Morgan fingerprint density at radius 2 is 2.10 bits per heavy atom. The molecule has 0 fully saturated rings. The molecule has 0 amide bonds. The van der Waals surface area contributed by atoms with Gasteiger partial charge in [0.05, 0.1) is 18.2 Å². The van der Waals surface area contributed by atoms with E-state index in [2.05, 4.69) is 27.3 Å². The highest BCUT2D eigenvalue weighted by Crippen LogP contribution is 2.31. The van der Waals surface area contributed by atoms with E-state index in [4.69, 9.17) is 16.3 Å². The minimum absolute atomic E-state index is 0.0344. The Morgan fingerprint density at radius 1 is 1.33 bits per heavy atom. The predicted octanol–water partition coefficient (Wildman–Crippen LogP) is 4.49. The van der Waals surface area contributed by atoms with Crippen molar-refractivity contribution in [3.05, 3.63) is 51.5 Å². The van der Waals surface area contributed by atoms with Gasteiger partial charge in [-0.3, -0.25) is 0 Å². The molecule has 4 nitrogen and oxygen atoms in total. The normalized spacial score (nSPS) is 11.5. The predicted molar refractivity (Wildman–Crippen MR) is 85.8 cm³/mol. The summed E-state index contributed by atoms with van der Waals surface area (Å²) in [4.78, 5) is 0. The first kappa shape index (κ1) is 15.5. The zero-order valence-corrected chi connectivity index (χ0v) is 13.4. The van der Waals surface area contributed by atoms with E-state index in [1.165, 1.54) is 13.2 Å². The second kappa shape index (κ2) is 6.70. The van der Waals surface area contributed by atoms with Crippen LogP contribution in [0.15, 0.2) is 40.9 Å². The van der Waals surface area contributed by atoms with E-state index in [-0.39, 0.29) is 5.75 Å². The molecule has 0 spiro atoms.